The summed E-state index contributed by atoms with van der Waals surface area (Å²) in [5.41, 5.74) is 1.07. The maximum Gasteiger partial charge on any atom is 0.188 e. The van der Waals surface area contributed by atoms with Gasteiger partial charge in [0.05, 0.1) is 34.5 Å². The van der Waals surface area contributed by atoms with E-state index >= 15 is 0 Å². The molecule has 2 N–H and O–H groups in total. The van der Waals surface area contributed by atoms with E-state index in [1.165, 1.54) is 35.5 Å². The Balaban J connectivity index is 2.32. The molecule has 0 aromatic heterocycles. The number of hydrogen-bond acceptors (Lipinski definition) is 8. The van der Waals surface area contributed by atoms with E-state index in [1.54, 1.807) is 30.3 Å². The highest BCUT2D eigenvalue weighted by molar-refractivity contribution is 5.51. The van der Waals surface area contributed by atoms with Crippen molar-refractivity contribution in [3.8, 4) is 28.7 Å². The van der Waals surface area contributed by atoms with Gasteiger partial charge in [-0.1, -0.05) is 6.07 Å². The van der Waals surface area contributed by atoms with Gasteiger partial charge in [-0.25, -0.2) is 0 Å². The van der Waals surface area contributed by atoms with Crippen LogP contribution in [-0.4, -0.2) is 58.7 Å². The molecule has 0 spiro atoms. The van der Waals surface area contributed by atoms with E-state index in [0.29, 0.717) is 39.9 Å². The van der Waals surface area contributed by atoms with Crippen LogP contribution in [-0.2, 0) is 11.2 Å². The summed E-state index contributed by atoms with van der Waals surface area (Å²) in [7, 11) is 7.58. The second kappa shape index (κ2) is 10.8. The van der Waals surface area contributed by atoms with E-state index in [4.69, 9.17) is 28.4 Å². The van der Waals surface area contributed by atoms with Gasteiger partial charge in [0, 0.05) is 31.2 Å². The van der Waals surface area contributed by atoms with Crippen molar-refractivity contribution in [3.05, 3.63) is 41.5 Å². The van der Waals surface area contributed by atoms with Crippen molar-refractivity contribution in [2.24, 2.45) is 0 Å². The van der Waals surface area contributed by atoms with Gasteiger partial charge in [0.2, 0.25) is 0 Å². The number of aliphatic hydroxyl groups excluding tert-OH is 2. The van der Waals surface area contributed by atoms with Crippen LogP contribution in [0.4, 0.5) is 0 Å². The van der Waals surface area contributed by atoms with Crippen molar-refractivity contribution in [3.63, 3.8) is 0 Å². The van der Waals surface area contributed by atoms with Crippen molar-refractivity contribution in [1.29, 1.82) is 0 Å². The largest absolute Gasteiger partial charge is 0.496 e. The molecule has 0 bridgehead atoms. The molecule has 0 unspecified atom stereocenters. The van der Waals surface area contributed by atoms with Crippen molar-refractivity contribution < 1.29 is 38.6 Å². The van der Waals surface area contributed by atoms with Crippen LogP contribution in [0.2, 0.25) is 0 Å². The minimum absolute atomic E-state index is 0.0116. The Hall–Kier alpha value is -2.68. The molecule has 2 atom stereocenters. The molecule has 0 aliphatic rings. The summed E-state index contributed by atoms with van der Waals surface area (Å²) in [5, 5.41) is 21.4. The fourth-order valence-electron chi connectivity index (χ4n) is 2.93. The van der Waals surface area contributed by atoms with Crippen LogP contribution in [0.5, 0.6) is 28.7 Å². The lowest BCUT2D eigenvalue weighted by Crippen LogP contribution is -2.22. The first kappa shape index (κ1) is 22.6. The molecule has 0 saturated carbocycles. The van der Waals surface area contributed by atoms with Crippen molar-refractivity contribution >= 4 is 0 Å². The molecule has 29 heavy (non-hydrogen) atoms. The molecule has 0 aliphatic carbocycles. The Morgan fingerprint density at radius 1 is 0.759 bits per heavy atom. The third-order valence-corrected chi connectivity index (χ3v) is 4.46. The first-order valence-corrected chi connectivity index (χ1v) is 8.93. The number of rotatable bonds is 11. The SMILES string of the molecule is COCOc1cc(OC)cc(OC)c1C[C@@H](O)[C@H](O)c1ccc(OC)c(OC)c1. The summed E-state index contributed by atoms with van der Waals surface area (Å²) in [6.07, 6.45) is -2.24. The van der Waals surface area contributed by atoms with Crippen LogP contribution >= 0.6 is 0 Å². The molecule has 0 fully saturated rings. The summed E-state index contributed by atoms with van der Waals surface area (Å²) in [6, 6.07) is 8.32. The molecule has 2 aromatic carbocycles. The summed E-state index contributed by atoms with van der Waals surface area (Å²) in [4.78, 5) is 0. The lowest BCUT2D eigenvalue weighted by molar-refractivity contribution is 0.0166. The van der Waals surface area contributed by atoms with Crippen molar-refractivity contribution in [1.82, 2.24) is 0 Å². The number of aliphatic hydroxyl groups is 2. The lowest BCUT2D eigenvalue weighted by Gasteiger charge is -2.22. The van der Waals surface area contributed by atoms with Crippen LogP contribution in [0, 0.1) is 0 Å². The molecular weight excluding hydrogens is 380 g/mol. The van der Waals surface area contributed by atoms with Gasteiger partial charge in [-0.05, 0) is 17.7 Å². The Morgan fingerprint density at radius 2 is 1.41 bits per heavy atom. The second-order valence-electron chi connectivity index (χ2n) is 6.19. The van der Waals surface area contributed by atoms with Crippen LogP contribution in [0.15, 0.2) is 30.3 Å². The van der Waals surface area contributed by atoms with E-state index in [0.717, 1.165) is 0 Å². The van der Waals surface area contributed by atoms with Gasteiger partial charge in [0.1, 0.15) is 23.4 Å². The summed E-state index contributed by atoms with van der Waals surface area (Å²) in [6.45, 7) is 0.0116. The maximum atomic E-state index is 10.7. The Labute approximate surface area is 170 Å². The molecule has 0 saturated heterocycles. The molecule has 160 valence electrons. The van der Waals surface area contributed by atoms with Gasteiger partial charge >= 0.3 is 0 Å². The van der Waals surface area contributed by atoms with Gasteiger partial charge < -0.3 is 38.6 Å². The lowest BCUT2D eigenvalue weighted by atomic mass is 9.97. The number of methoxy groups -OCH3 is 5. The summed E-state index contributed by atoms with van der Waals surface area (Å²) >= 11 is 0. The van der Waals surface area contributed by atoms with Gasteiger partial charge in [-0.15, -0.1) is 0 Å². The van der Waals surface area contributed by atoms with Crippen LogP contribution < -0.4 is 23.7 Å². The third kappa shape index (κ3) is 5.44. The smallest absolute Gasteiger partial charge is 0.188 e. The molecule has 0 heterocycles. The maximum absolute atomic E-state index is 10.7. The van der Waals surface area contributed by atoms with Gasteiger partial charge in [-0.3, -0.25) is 0 Å². The second-order valence-corrected chi connectivity index (χ2v) is 6.19. The number of hydrogen-bond donors (Lipinski definition) is 2. The van der Waals surface area contributed by atoms with E-state index in [1.807, 2.05) is 0 Å². The van der Waals surface area contributed by atoms with Gasteiger partial charge in [0.15, 0.2) is 18.3 Å². The molecular formula is C21H28O8. The monoisotopic (exact) mass is 408 g/mol. The van der Waals surface area contributed by atoms with Crippen molar-refractivity contribution in [2.75, 3.05) is 42.3 Å². The Bertz CT molecular complexity index is 792. The topological polar surface area (TPSA) is 95.8 Å². The van der Waals surface area contributed by atoms with Gasteiger partial charge in [-0.2, -0.15) is 0 Å². The van der Waals surface area contributed by atoms with E-state index in [2.05, 4.69) is 0 Å². The molecule has 0 radical (unpaired) electrons. The summed E-state index contributed by atoms with van der Waals surface area (Å²) in [5.74, 6) is 2.43. The molecule has 2 aromatic rings. The van der Waals surface area contributed by atoms with Gasteiger partial charge in [0.25, 0.3) is 0 Å². The fraction of sp³-hybridized carbons (Fsp3) is 0.429. The molecule has 8 nitrogen and oxygen atoms in total. The van der Waals surface area contributed by atoms with Crippen LogP contribution in [0.3, 0.4) is 0 Å². The van der Waals surface area contributed by atoms with Crippen LogP contribution in [0.1, 0.15) is 17.2 Å². The zero-order valence-corrected chi connectivity index (χ0v) is 17.3. The predicted molar refractivity (Wildman–Crippen MR) is 106 cm³/mol. The predicted octanol–water partition coefficient (Wildman–Crippen LogP) is 2.34. The molecule has 8 heteroatoms. The highest BCUT2D eigenvalue weighted by Gasteiger charge is 2.24. The fourth-order valence-corrected chi connectivity index (χ4v) is 2.93. The first-order chi connectivity index (χ1) is 14.0. The quantitative estimate of drug-likeness (QED) is 0.547. The number of benzene rings is 2. The first-order valence-electron chi connectivity index (χ1n) is 8.93. The average molecular weight is 408 g/mol. The molecule has 0 amide bonds. The zero-order valence-electron chi connectivity index (χ0n) is 17.3. The molecule has 0 aliphatic heterocycles. The highest BCUT2D eigenvalue weighted by atomic mass is 16.7. The van der Waals surface area contributed by atoms with E-state index in [9.17, 15) is 10.2 Å². The van der Waals surface area contributed by atoms with Crippen LogP contribution in [0.25, 0.3) is 0 Å². The minimum Gasteiger partial charge on any atom is -0.496 e. The Morgan fingerprint density at radius 3 is 2.00 bits per heavy atom. The van der Waals surface area contributed by atoms with Crippen molar-refractivity contribution in [2.45, 2.75) is 18.6 Å². The van der Waals surface area contributed by atoms with E-state index < -0.39 is 12.2 Å². The zero-order chi connectivity index (χ0) is 21.4. The standard InChI is InChI=1S/C21H28O8/c1-24-12-29-19-10-14(25-2)9-18(27-4)15(19)11-16(22)21(23)13-6-7-17(26-3)20(8-13)28-5/h6-10,16,21-23H,11-12H2,1-5H3/t16-,21-/m1/s1. The number of ether oxygens (including phenoxy) is 6. The Kier molecular flexibility index (Phi) is 8.38. The third-order valence-electron chi connectivity index (χ3n) is 4.46. The highest BCUT2D eigenvalue weighted by Crippen LogP contribution is 2.37. The minimum atomic E-state index is -1.17. The average Bonchev–Trinajstić information content (AvgIpc) is 2.76. The van der Waals surface area contributed by atoms with E-state index in [-0.39, 0.29) is 13.2 Å². The summed E-state index contributed by atoms with van der Waals surface area (Å²) < 4.78 is 31.8. The normalized spacial score (nSPS) is 12.8. The molecule has 2 rings (SSSR count).